The summed E-state index contributed by atoms with van der Waals surface area (Å²) in [7, 11) is -0.117. The molecule has 1 atom stereocenters. The van der Waals surface area contributed by atoms with Crippen molar-refractivity contribution in [1.29, 1.82) is 0 Å². The molecule has 1 aliphatic heterocycles. The molecule has 1 saturated heterocycles. The first kappa shape index (κ1) is 16.5. The summed E-state index contributed by atoms with van der Waals surface area (Å²) in [6.07, 6.45) is 0. The smallest absolute Gasteiger partial charge is 0.247 e. The zero-order valence-corrected chi connectivity index (χ0v) is 14.1. The van der Waals surface area contributed by atoms with Gasteiger partial charge in [0.15, 0.2) is 0 Å². The SMILES string of the molecule is COc1ccc(CCl)cc1S(=O)(=O)N1CCN(C)CC1C. The van der Waals surface area contributed by atoms with Crippen LogP contribution in [0.3, 0.4) is 0 Å². The van der Waals surface area contributed by atoms with Crippen molar-refractivity contribution in [1.82, 2.24) is 9.21 Å². The van der Waals surface area contributed by atoms with E-state index in [9.17, 15) is 8.42 Å². The lowest BCUT2D eigenvalue weighted by Gasteiger charge is -2.37. The van der Waals surface area contributed by atoms with Gasteiger partial charge in [0.1, 0.15) is 10.6 Å². The number of rotatable bonds is 4. The van der Waals surface area contributed by atoms with Crippen molar-refractivity contribution >= 4 is 21.6 Å². The van der Waals surface area contributed by atoms with E-state index in [2.05, 4.69) is 4.90 Å². The Morgan fingerprint density at radius 2 is 2.10 bits per heavy atom. The molecule has 21 heavy (non-hydrogen) atoms. The van der Waals surface area contributed by atoms with Crippen molar-refractivity contribution in [3.8, 4) is 5.75 Å². The molecular formula is C14H21ClN2O3S. The second kappa shape index (κ2) is 6.52. The summed E-state index contributed by atoms with van der Waals surface area (Å²) in [6, 6.07) is 4.97. The number of alkyl halides is 1. The lowest BCUT2D eigenvalue weighted by molar-refractivity contribution is 0.170. The lowest BCUT2D eigenvalue weighted by Crippen LogP contribution is -2.52. The summed E-state index contributed by atoms with van der Waals surface area (Å²) in [6.45, 7) is 3.84. The van der Waals surface area contributed by atoms with Gasteiger partial charge in [-0.15, -0.1) is 11.6 Å². The molecule has 118 valence electrons. The first-order valence-electron chi connectivity index (χ1n) is 6.83. The maximum Gasteiger partial charge on any atom is 0.247 e. The highest BCUT2D eigenvalue weighted by Crippen LogP contribution is 2.30. The van der Waals surface area contributed by atoms with Crippen LogP contribution in [0.5, 0.6) is 5.75 Å². The molecule has 0 amide bonds. The molecule has 0 aromatic heterocycles. The van der Waals surface area contributed by atoms with Gasteiger partial charge in [0.05, 0.1) is 7.11 Å². The molecule has 1 unspecified atom stereocenters. The standard InChI is InChI=1S/C14H21ClN2O3S/c1-11-10-16(2)6-7-17(11)21(18,19)14-8-12(9-15)4-5-13(14)20-3/h4-5,8,11H,6-7,9-10H2,1-3H3. The zero-order chi connectivity index (χ0) is 15.6. The molecule has 0 spiro atoms. The van der Waals surface area contributed by atoms with E-state index in [4.69, 9.17) is 16.3 Å². The number of hydrogen-bond donors (Lipinski definition) is 0. The number of hydrogen-bond acceptors (Lipinski definition) is 4. The molecular weight excluding hydrogens is 312 g/mol. The Balaban J connectivity index is 2.43. The normalized spacial score (nSPS) is 21.4. The molecule has 1 heterocycles. The van der Waals surface area contributed by atoms with E-state index in [1.54, 1.807) is 22.5 Å². The average molecular weight is 333 g/mol. The molecule has 0 saturated carbocycles. The van der Waals surface area contributed by atoms with Gasteiger partial charge in [-0.05, 0) is 31.7 Å². The highest BCUT2D eigenvalue weighted by molar-refractivity contribution is 7.89. The van der Waals surface area contributed by atoms with Gasteiger partial charge in [-0.3, -0.25) is 0 Å². The maximum atomic E-state index is 12.9. The van der Waals surface area contributed by atoms with Crippen LogP contribution in [0.2, 0.25) is 0 Å². The second-order valence-corrected chi connectivity index (χ2v) is 7.47. The Morgan fingerprint density at radius 3 is 2.67 bits per heavy atom. The minimum absolute atomic E-state index is 0.0712. The Labute approximate surface area is 131 Å². The van der Waals surface area contributed by atoms with Gasteiger partial charge < -0.3 is 9.64 Å². The van der Waals surface area contributed by atoms with Crippen LogP contribution in [0, 0.1) is 0 Å². The summed E-state index contributed by atoms with van der Waals surface area (Å²) >= 11 is 5.82. The predicted molar refractivity (Wildman–Crippen MR) is 83.4 cm³/mol. The number of sulfonamides is 1. The molecule has 1 aromatic carbocycles. The van der Waals surface area contributed by atoms with Crippen LogP contribution >= 0.6 is 11.6 Å². The summed E-state index contributed by atoms with van der Waals surface area (Å²) in [5.74, 6) is 0.625. The maximum absolute atomic E-state index is 12.9. The van der Waals surface area contributed by atoms with Crippen LogP contribution in [-0.2, 0) is 15.9 Å². The van der Waals surface area contributed by atoms with Gasteiger partial charge >= 0.3 is 0 Å². The highest BCUT2D eigenvalue weighted by atomic mass is 35.5. The van der Waals surface area contributed by atoms with Crippen molar-refractivity contribution < 1.29 is 13.2 Å². The number of halogens is 1. The van der Waals surface area contributed by atoms with Crippen LogP contribution in [-0.4, -0.2) is 57.5 Å². The molecule has 5 nitrogen and oxygen atoms in total. The Bertz CT molecular complexity index is 606. The van der Waals surface area contributed by atoms with Gasteiger partial charge in [-0.2, -0.15) is 4.31 Å². The number of likely N-dealkylation sites (N-methyl/N-ethyl adjacent to an activating group) is 1. The van der Waals surface area contributed by atoms with E-state index in [1.165, 1.54) is 7.11 Å². The third-order valence-electron chi connectivity index (χ3n) is 3.74. The topological polar surface area (TPSA) is 49.9 Å². The molecule has 1 aliphatic rings. The quantitative estimate of drug-likeness (QED) is 0.788. The zero-order valence-electron chi connectivity index (χ0n) is 12.5. The third-order valence-corrected chi connectivity index (χ3v) is 6.08. The molecule has 1 fully saturated rings. The molecule has 0 N–H and O–H groups in total. The molecule has 0 bridgehead atoms. The van der Waals surface area contributed by atoms with Crippen molar-refractivity contribution in [3.63, 3.8) is 0 Å². The Kier molecular flexibility index (Phi) is 5.14. The fourth-order valence-electron chi connectivity index (χ4n) is 2.61. The van der Waals surface area contributed by atoms with Crippen molar-refractivity contribution in [3.05, 3.63) is 23.8 Å². The average Bonchev–Trinajstić information content (AvgIpc) is 2.46. The monoisotopic (exact) mass is 332 g/mol. The van der Waals surface area contributed by atoms with E-state index in [0.717, 1.165) is 18.7 Å². The van der Waals surface area contributed by atoms with Gasteiger partial charge in [0.25, 0.3) is 0 Å². The Hall–Kier alpha value is -0.820. The van der Waals surface area contributed by atoms with Gasteiger partial charge in [0.2, 0.25) is 10.0 Å². The van der Waals surface area contributed by atoms with Gasteiger partial charge in [-0.25, -0.2) is 8.42 Å². The predicted octanol–water partition coefficient (Wildman–Crippen LogP) is 1.76. The lowest BCUT2D eigenvalue weighted by atomic mass is 10.2. The number of ether oxygens (including phenoxy) is 1. The molecule has 0 aliphatic carbocycles. The number of nitrogens with zero attached hydrogens (tertiary/aromatic N) is 2. The first-order chi connectivity index (χ1) is 9.90. The third kappa shape index (κ3) is 3.34. The number of piperazine rings is 1. The second-order valence-electron chi connectivity index (χ2n) is 5.35. The molecule has 1 aromatic rings. The highest BCUT2D eigenvalue weighted by Gasteiger charge is 2.34. The molecule has 7 heteroatoms. The van der Waals surface area contributed by atoms with Crippen molar-refractivity contribution in [2.24, 2.45) is 0 Å². The van der Waals surface area contributed by atoms with Crippen LogP contribution in [0.4, 0.5) is 0 Å². The molecule has 2 rings (SSSR count). The largest absolute Gasteiger partial charge is 0.495 e. The van der Waals surface area contributed by atoms with Gasteiger partial charge in [0, 0.05) is 31.6 Å². The van der Waals surface area contributed by atoms with E-state index >= 15 is 0 Å². The van der Waals surface area contributed by atoms with Crippen LogP contribution in [0.25, 0.3) is 0 Å². The number of benzene rings is 1. The van der Waals surface area contributed by atoms with E-state index in [0.29, 0.717) is 12.3 Å². The van der Waals surface area contributed by atoms with Crippen molar-refractivity contribution in [2.75, 3.05) is 33.8 Å². The van der Waals surface area contributed by atoms with Gasteiger partial charge in [-0.1, -0.05) is 6.07 Å². The summed E-state index contributed by atoms with van der Waals surface area (Å²) in [4.78, 5) is 2.32. The summed E-state index contributed by atoms with van der Waals surface area (Å²) in [5.41, 5.74) is 0.762. The first-order valence-corrected chi connectivity index (χ1v) is 8.81. The van der Waals surface area contributed by atoms with E-state index in [-0.39, 0.29) is 16.8 Å². The fourth-order valence-corrected chi connectivity index (χ4v) is 4.60. The summed E-state index contributed by atoms with van der Waals surface area (Å²) in [5, 5.41) is 0. The van der Waals surface area contributed by atoms with Crippen LogP contribution < -0.4 is 4.74 Å². The number of methoxy groups -OCH3 is 1. The van der Waals surface area contributed by atoms with Crippen LogP contribution in [0.1, 0.15) is 12.5 Å². The minimum atomic E-state index is -3.59. The Morgan fingerprint density at radius 1 is 1.38 bits per heavy atom. The minimum Gasteiger partial charge on any atom is -0.495 e. The molecule has 0 radical (unpaired) electrons. The fraction of sp³-hybridized carbons (Fsp3) is 0.571. The van der Waals surface area contributed by atoms with E-state index < -0.39 is 10.0 Å². The van der Waals surface area contributed by atoms with E-state index in [1.807, 2.05) is 14.0 Å². The van der Waals surface area contributed by atoms with Crippen LogP contribution in [0.15, 0.2) is 23.1 Å². The van der Waals surface area contributed by atoms with Crippen molar-refractivity contribution in [2.45, 2.75) is 23.7 Å². The summed E-state index contributed by atoms with van der Waals surface area (Å²) < 4.78 is 32.6.